The summed E-state index contributed by atoms with van der Waals surface area (Å²) in [5, 5.41) is 3.14. The molecule has 0 spiro atoms. The standard InChI is InChI=1S/C17H21BrN2/c1-13-4-7-16(18)10-15(13)12-20(3)11-14-5-8-17(19-2)9-6-14/h4-10,19H,11-12H2,1-3H3. The summed E-state index contributed by atoms with van der Waals surface area (Å²) in [6.07, 6.45) is 0. The lowest BCUT2D eigenvalue weighted by Crippen LogP contribution is -2.17. The van der Waals surface area contributed by atoms with Gasteiger partial charge < -0.3 is 5.32 Å². The van der Waals surface area contributed by atoms with E-state index < -0.39 is 0 Å². The second-order valence-corrected chi connectivity index (χ2v) is 6.11. The second kappa shape index (κ2) is 6.91. The van der Waals surface area contributed by atoms with Crippen molar-refractivity contribution in [2.75, 3.05) is 19.4 Å². The summed E-state index contributed by atoms with van der Waals surface area (Å²) in [7, 11) is 4.10. The Morgan fingerprint density at radius 2 is 1.75 bits per heavy atom. The third kappa shape index (κ3) is 4.09. The van der Waals surface area contributed by atoms with Gasteiger partial charge in [0.05, 0.1) is 0 Å². The van der Waals surface area contributed by atoms with E-state index in [0.717, 1.165) is 23.2 Å². The van der Waals surface area contributed by atoms with Crippen LogP contribution in [0.3, 0.4) is 0 Å². The molecule has 2 aromatic carbocycles. The van der Waals surface area contributed by atoms with Crippen LogP contribution < -0.4 is 5.32 Å². The van der Waals surface area contributed by atoms with Crippen molar-refractivity contribution < 1.29 is 0 Å². The van der Waals surface area contributed by atoms with Crippen LogP contribution in [0.5, 0.6) is 0 Å². The lowest BCUT2D eigenvalue weighted by molar-refractivity contribution is 0.318. The third-order valence-electron chi connectivity index (χ3n) is 3.45. The molecule has 0 unspecified atom stereocenters. The zero-order valence-corrected chi connectivity index (χ0v) is 13.9. The Kier molecular flexibility index (Phi) is 5.21. The van der Waals surface area contributed by atoms with Crippen LogP contribution in [0.25, 0.3) is 0 Å². The highest BCUT2D eigenvalue weighted by Crippen LogP contribution is 2.18. The Morgan fingerprint density at radius 1 is 1.05 bits per heavy atom. The minimum Gasteiger partial charge on any atom is -0.388 e. The van der Waals surface area contributed by atoms with E-state index in [1.165, 1.54) is 16.7 Å². The monoisotopic (exact) mass is 332 g/mol. The molecule has 0 radical (unpaired) electrons. The molecule has 0 bridgehead atoms. The molecule has 0 aliphatic rings. The highest BCUT2D eigenvalue weighted by Gasteiger charge is 2.05. The molecule has 2 aromatic rings. The fourth-order valence-corrected chi connectivity index (χ4v) is 2.65. The van der Waals surface area contributed by atoms with E-state index in [2.05, 4.69) is 82.6 Å². The second-order valence-electron chi connectivity index (χ2n) is 5.19. The molecule has 1 N–H and O–H groups in total. The first-order valence-electron chi connectivity index (χ1n) is 6.79. The summed E-state index contributed by atoms with van der Waals surface area (Å²) in [4.78, 5) is 2.34. The van der Waals surface area contributed by atoms with Crippen molar-refractivity contribution >= 4 is 21.6 Å². The zero-order valence-electron chi connectivity index (χ0n) is 12.3. The summed E-state index contributed by atoms with van der Waals surface area (Å²) in [5.74, 6) is 0. The van der Waals surface area contributed by atoms with Crippen molar-refractivity contribution in [3.63, 3.8) is 0 Å². The molecule has 2 nitrogen and oxygen atoms in total. The van der Waals surface area contributed by atoms with Crippen LogP contribution in [-0.2, 0) is 13.1 Å². The Hall–Kier alpha value is -1.32. The third-order valence-corrected chi connectivity index (χ3v) is 3.94. The fourth-order valence-electron chi connectivity index (χ4n) is 2.25. The topological polar surface area (TPSA) is 15.3 Å². The molecular formula is C17H21BrN2. The Labute approximate surface area is 129 Å². The number of rotatable bonds is 5. The number of nitrogens with zero attached hydrogens (tertiary/aromatic N) is 1. The van der Waals surface area contributed by atoms with E-state index in [4.69, 9.17) is 0 Å². The maximum absolute atomic E-state index is 3.54. The number of halogens is 1. The van der Waals surface area contributed by atoms with Crippen molar-refractivity contribution in [2.24, 2.45) is 0 Å². The van der Waals surface area contributed by atoms with Crippen LogP contribution in [0.4, 0.5) is 5.69 Å². The first-order chi connectivity index (χ1) is 9.58. The molecule has 0 heterocycles. The molecule has 0 saturated carbocycles. The van der Waals surface area contributed by atoms with Gasteiger partial charge in [0.25, 0.3) is 0 Å². The number of aryl methyl sites for hydroxylation is 1. The van der Waals surface area contributed by atoms with Crippen molar-refractivity contribution in [1.29, 1.82) is 0 Å². The van der Waals surface area contributed by atoms with Crippen molar-refractivity contribution in [3.8, 4) is 0 Å². The summed E-state index contributed by atoms with van der Waals surface area (Å²) >= 11 is 3.54. The van der Waals surface area contributed by atoms with Gasteiger partial charge in [-0.3, -0.25) is 4.90 Å². The molecule has 0 atom stereocenters. The minimum absolute atomic E-state index is 0.954. The number of nitrogens with one attached hydrogen (secondary N) is 1. The molecule has 0 aliphatic carbocycles. The molecule has 0 aromatic heterocycles. The molecule has 2 rings (SSSR count). The predicted molar refractivity (Wildman–Crippen MR) is 90.0 cm³/mol. The van der Waals surface area contributed by atoms with Crippen LogP contribution in [-0.4, -0.2) is 19.0 Å². The van der Waals surface area contributed by atoms with E-state index in [1.54, 1.807) is 0 Å². The maximum Gasteiger partial charge on any atom is 0.0337 e. The van der Waals surface area contributed by atoms with E-state index in [1.807, 2.05) is 7.05 Å². The molecule has 106 valence electrons. The molecular weight excluding hydrogens is 312 g/mol. The number of hydrogen-bond donors (Lipinski definition) is 1. The van der Waals surface area contributed by atoms with Crippen molar-refractivity contribution in [3.05, 3.63) is 63.6 Å². The van der Waals surface area contributed by atoms with E-state index in [9.17, 15) is 0 Å². The maximum atomic E-state index is 3.54. The van der Waals surface area contributed by atoms with Crippen LogP contribution in [0.15, 0.2) is 46.9 Å². The van der Waals surface area contributed by atoms with Gasteiger partial charge >= 0.3 is 0 Å². The molecule has 3 heteroatoms. The zero-order chi connectivity index (χ0) is 14.5. The number of anilines is 1. The lowest BCUT2D eigenvalue weighted by Gasteiger charge is -2.18. The van der Waals surface area contributed by atoms with Gasteiger partial charge in [-0.2, -0.15) is 0 Å². The largest absolute Gasteiger partial charge is 0.388 e. The van der Waals surface area contributed by atoms with Crippen LogP contribution in [0, 0.1) is 6.92 Å². The molecule has 0 saturated heterocycles. The fraction of sp³-hybridized carbons (Fsp3) is 0.294. The van der Waals surface area contributed by atoms with Gasteiger partial charge in [0, 0.05) is 30.3 Å². The molecule has 0 fully saturated rings. The van der Waals surface area contributed by atoms with E-state index >= 15 is 0 Å². The molecule has 0 aliphatic heterocycles. The van der Waals surface area contributed by atoms with Crippen molar-refractivity contribution in [2.45, 2.75) is 20.0 Å². The summed E-state index contributed by atoms with van der Waals surface area (Å²) in [6.45, 7) is 4.08. The number of benzene rings is 2. The molecule has 20 heavy (non-hydrogen) atoms. The van der Waals surface area contributed by atoms with Gasteiger partial charge in [0.2, 0.25) is 0 Å². The Balaban J connectivity index is 2.00. The average molecular weight is 333 g/mol. The van der Waals surface area contributed by atoms with Crippen LogP contribution in [0.1, 0.15) is 16.7 Å². The van der Waals surface area contributed by atoms with Gasteiger partial charge in [-0.05, 0) is 54.9 Å². The average Bonchev–Trinajstić information content (AvgIpc) is 2.43. The van der Waals surface area contributed by atoms with Gasteiger partial charge in [0.1, 0.15) is 0 Å². The number of hydrogen-bond acceptors (Lipinski definition) is 2. The quantitative estimate of drug-likeness (QED) is 0.871. The normalized spacial score (nSPS) is 10.8. The predicted octanol–water partition coefficient (Wildman–Crippen LogP) is 4.43. The first kappa shape index (κ1) is 15.1. The lowest BCUT2D eigenvalue weighted by atomic mass is 10.1. The summed E-state index contributed by atoms with van der Waals surface area (Å²) < 4.78 is 1.14. The highest BCUT2D eigenvalue weighted by molar-refractivity contribution is 9.10. The minimum atomic E-state index is 0.954. The van der Waals surface area contributed by atoms with Crippen molar-refractivity contribution in [1.82, 2.24) is 4.90 Å². The van der Waals surface area contributed by atoms with Gasteiger partial charge in [0.15, 0.2) is 0 Å². The van der Waals surface area contributed by atoms with E-state index in [0.29, 0.717) is 0 Å². The van der Waals surface area contributed by atoms with Gasteiger partial charge in [-0.15, -0.1) is 0 Å². The SMILES string of the molecule is CNc1ccc(CN(C)Cc2cc(Br)ccc2C)cc1. The Bertz CT molecular complexity index is 564. The molecule has 0 amide bonds. The Morgan fingerprint density at radius 3 is 2.40 bits per heavy atom. The van der Waals surface area contributed by atoms with Gasteiger partial charge in [-0.1, -0.05) is 34.1 Å². The smallest absolute Gasteiger partial charge is 0.0337 e. The van der Waals surface area contributed by atoms with Crippen LogP contribution in [0.2, 0.25) is 0 Å². The summed E-state index contributed by atoms with van der Waals surface area (Å²) in [6, 6.07) is 15.0. The van der Waals surface area contributed by atoms with E-state index in [-0.39, 0.29) is 0 Å². The van der Waals surface area contributed by atoms with Gasteiger partial charge in [-0.25, -0.2) is 0 Å². The first-order valence-corrected chi connectivity index (χ1v) is 7.58. The highest BCUT2D eigenvalue weighted by atomic mass is 79.9. The van der Waals surface area contributed by atoms with Crippen LogP contribution >= 0.6 is 15.9 Å². The summed E-state index contributed by atoms with van der Waals surface area (Å²) in [5.41, 5.74) is 5.19.